The predicted octanol–water partition coefficient (Wildman–Crippen LogP) is 4.11. The summed E-state index contributed by atoms with van der Waals surface area (Å²) in [7, 11) is 0. The molecule has 0 aromatic carbocycles. The van der Waals surface area contributed by atoms with Gasteiger partial charge in [0.15, 0.2) is 0 Å². The van der Waals surface area contributed by atoms with E-state index in [0.717, 1.165) is 11.8 Å². The first-order chi connectivity index (χ1) is 5.72. The number of hydrogen-bond donors (Lipinski definition) is 0. The van der Waals surface area contributed by atoms with Crippen LogP contribution < -0.4 is 0 Å². The highest BCUT2D eigenvalue weighted by atomic mass is 14.3. The minimum atomic E-state index is 0.953. The van der Waals surface area contributed by atoms with Crippen LogP contribution in [0.3, 0.4) is 0 Å². The summed E-state index contributed by atoms with van der Waals surface area (Å²) in [6.07, 6.45) is 13.7. The molecule has 0 amide bonds. The fraction of sp³-hybridized carbons (Fsp3) is 0.833. The first kappa shape index (κ1) is 14.1. The average molecular weight is 168 g/mol. The Morgan fingerprint density at radius 2 is 1.50 bits per heavy atom. The summed E-state index contributed by atoms with van der Waals surface area (Å²) in [5.74, 6) is 2.04. The van der Waals surface area contributed by atoms with Gasteiger partial charge in [-0.05, 0) is 11.8 Å². The summed E-state index contributed by atoms with van der Waals surface area (Å²) >= 11 is 0. The molecule has 1 saturated carbocycles. The molecule has 0 unspecified atom stereocenters. The highest BCUT2D eigenvalue weighted by Gasteiger charge is 2.19. The first-order valence-corrected chi connectivity index (χ1v) is 5.05. The lowest BCUT2D eigenvalue weighted by Crippen LogP contribution is -2.16. The van der Waals surface area contributed by atoms with Crippen LogP contribution in [0, 0.1) is 24.7 Å². The van der Waals surface area contributed by atoms with E-state index < -0.39 is 0 Å². The van der Waals surface area contributed by atoms with Crippen molar-refractivity contribution in [2.45, 2.75) is 53.4 Å². The van der Waals surface area contributed by atoms with E-state index in [9.17, 15) is 0 Å². The van der Waals surface area contributed by atoms with E-state index in [0.29, 0.717) is 0 Å². The third-order valence-electron chi connectivity index (χ3n) is 2.09. The summed E-state index contributed by atoms with van der Waals surface area (Å²) < 4.78 is 0. The Hall–Kier alpha value is -0.440. The average Bonchev–Trinajstić information content (AvgIpc) is 1.88. The number of rotatable bonds is 1. The van der Waals surface area contributed by atoms with Gasteiger partial charge in [-0.25, -0.2) is 0 Å². The summed E-state index contributed by atoms with van der Waals surface area (Å²) in [6, 6.07) is 0. The van der Waals surface area contributed by atoms with Crippen molar-refractivity contribution in [3.63, 3.8) is 0 Å². The molecule has 0 nitrogen and oxygen atoms in total. The van der Waals surface area contributed by atoms with Crippen LogP contribution in [0.25, 0.3) is 0 Å². The fourth-order valence-electron chi connectivity index (χ4n) is 1.11. The molecule has 1 rings (SSSR count). The molecule has 1 aliphatic rings. The van der Waals surface area contributed by atoms with Crippen molar-refractivity contribution in [3.8, 4) is 12.8 Å². The van der Waals surface area contributed by atoms with Gasteiger partial charge in [0.1, 0.15) is 0 Å². The van der Waals surface area contributed by atoms with Crippen molar-refractivity contribution in [3.05, 3.63) is 0 Å². The van der Waals surface area contributed by atoms with Crippen molar-refractivity contribution < 1.29 is 0 Å². The van der Waals surface area contributed by atoms with Crippen molar-refractivity contribution in [2.75, 3.05) is 0 Å². The van der Waals surface area contributed by atoms with Crippen molar-refractivity contribution in [2.24, 2.45) is 11.8 Å². The SMILES string of the molecule is C#C.CC(C)C1CCC1.CCC. The molecule has 12 heavy (non-hydrogen) atoms. The van der Waals surface area contributed by atoms with Crippen LogP contribution in [0.1, 0.15) is 53.4 Å². The Bertz CT molecular complexity index is 85.5. The van der Waals surface area contributed by atoms with Gasteiger partial charge in [-0.2, -0.15) is 0 Å². The smallest absolute Gasteiger partial charge is 0.0391 e. The molecule has 0 heteroatoms. The number of hydrogen-bond acceptors (Lipinski definition) is 0. The lowest BCUT2D eigenvalue weighted by molar-refractivity contribution is 0.235. The zero-order chi connectivity index (χ0) is 9.98. The molecule has 0 N–H and O–H groups in total. The predicted molar refractivity (Wildman–Crippen MR) is 58.0 cm³/mol. The van der Waals surface area contributed by atoms with Crippen molar-refractivity contribution in [1.29, 1.82) is 0 Å². The molecule has 0 aliphatic heterocycles. The van der Waals surface area contributed by atoms with E-state index in [1.54, 1.807) is 0 Å². The molecular formula is C12H24. The molecule has 0 aromatic rings. The van der Waals surface area contributed by atoms with Crippen molar-refractivity contribution >= 4 is 0 Å². The maximum atomic E-state index is 4.00. The second kappa shape index (κ2) is 10.6. The van der Waals surface area contributed by atoms with Gasteiger partial charge >= 0.3 is 0 Å². The van der Waals surface area contributed by atoms with E-state index in [4.69, 9.17) is 0 Å². The Morgan fingerprint density at radius 3 is 1.50 bits per heavy atom. The Labute approximate surface area is 78.8 Å². The Balaban J connectivity index is 0. The van der Waals surface area contributed by atoms with Gasteiger partial charge in [-0.1, -0.05) is 53.4 Å². The van der Waals surface area contributed by atoms with Crippen LogP contribution in [-0.2, 0) is 0 Å². The lowest BCUT2D eigenvalue weighted by atomic mass is 9.78. The fourth-order valence-corrected chi connectivity index (χ4v) is 1.11. The molecule has 0 saturated heterocycles. The van der Waals surface area contributed by atoms with E-state index in [1.807, 2.05) is 0 Å². The van der Waals surface area contributed by atoms with Gasteiger partial charge in [0, 0.05) is 0 Å². The molecule has 1 aliphatic carbocycles. The molecule has 0 radical (unpaired) electrons. The number of terminal acetylenes is 1. The van der Waals surface area contributed by atoms with Gasteiger partial charge in [-0.15, -0.1) is 12.8 Å². The van der Waals surface area contributed by atoms with E-state index in [-0.39, 0.29) is 0 Å². The summed E-state index contributed by atoms with van der Waals surface area (Å²) in [4.78, 5) is 0. The Morgan fingerprint density at radius 1 is 1.17 bits per heavy atom. The zero-order valence-electron chi connectivity index (χ0n) is 9.14. The summed E-state index contributed by atoms with van der Waals surface area (Å²) in [5, 5.41) is 0. The van der Waals surface area contributed by atoms with Crippen LogP contribution in [0.5, 0.6) is 0 Å². The van der Waals surface area contributed by atoms with Crippen LogP contribution in [0.4, 0.5) is 0 Å². The van der Waals surface area contributed by atoms with Crippen LogP contribution >= 0.6 is 0 Å². The van der Waals surface area contributed by atoms with Gasteiger partial charge in [0.05, 0.1) is 0 Å². The van der Waals surface area contributed by atoms with Crippen LogP contribution in [-0.4, -0.2) is 0 Å². The molecule has 0 spiro atoms. The third kappa shape index (κ3) is 7.66. The van der Waals surface area contributed by atoms with Gasteiger partial charge in [-0.3, -0.25) is 0 Å². The molecule has 0 heterocycles. The minimum absolute atomic E-state index is 0.953. The molecule has 0 atom stereocenters. The quantitative estimate of drug-likeness (QED) is 0.517. The summed E-state index contributed by atoms with van der Waals surface area (Å²) in [6.45, 7) is 8.90. The maximum Gasteiger partial charge on any atom is -0.0391 e. The maximum absolute atomic E-state index is 4.00. The van der Waals surface area contributed by atoms with Crippen molar-refractivity contribution in [1.82, 2.24) is 0 Å². The molecule has 0 aromatic heterocycles. The molecule has 0 bridgehead atoms. The summed E-state index contributed by atoms with van der Waals surface area (Å²) in [5.41, 5.74) is 0. The van der Waals surface area contributed by atoms with E-state index in [2.05, 4.69) is 40.5 Å². The van der Waals surface area contributed by atoms with Crippen LogP contribution in [0.2, 0.25) is 0 Å². The highest BCUT2D eigenvalue weighted by Crippen LogP contribution is 2.32. The first-order valence-electron chi connectivity index (χ1n) is 5.05. The van der Waals surface area contributed by atoms with Crippen LogP contribution in [0.15, 0.2) is 0 Å². The normalized spacial score (nSPS) is 14.9. The second-order valence-corrected chi connectivity index (χ2v) is 3.64. The highest BCUT2D eigenvalue weighted by molar-refractivity contribution is 4.71. The standard InChI is InChI=1S/C7H14.C3H8.C2H2/c1-6(2)7-4-3-5-7;1-3-2;1-2/h6-7H,3-5H2,1-2H3;3H2,1-2H3;1-2H. The minimum Gasteiger partial charge on any atom is -0.124 e. The van der Waals surface area contributed by atoms with E-state index >= 15 is 0 Å². The molecule has 1 fully saturated rings. The second-order valence-electron chi connectivity index (χ2n) is 3.64. The van der Waals surface area contributed by atoms with Gasteiger partial charge in [0.2, 0.25) is 0 Å². The third-order valence-corrected chi connectivity index (χ3v) is 2.09. The monoisotopic (exact) mass is 168 g/mol. The van der Waals surface area contributed by atoms with E-state index in [1.165, 1.54) is 25.7 Å². The Kier molecular flexibility index (Phi) is 12.4. The lowest BCUT2D eigenvalue weighted by Gasteiger charge is -2.28. The topological polar surface area (TPSA) is 0 Å². The largest absolute Gasteiger partial charge is 0.124 e. The molecule has 72 valence electrons. The molecular weight excluding hydrogens is 144 g/mol. The van der Waals surface area contributed by atoms with Gasteiger partial charge < -0.3 is 0 Å². The van der Waals surface area contributed by atoms with Gasteiger partial charge in [0.25, 0.3) is 0 Å². The zero-order valence-corrected chi connectivity index (χ0v) is 9.14.